The number of nitrogens with one attached hydrogen (secondary N) is 2. The fourth-order valence-corrected chi connectivity index (χ4v) is 2.81. The molecule has 2 N–H and O–H groups in total. The summed E-state index contributed by atoms with van der Waals surface area (Å²) in [6.45, 7) is 2.39. The molecule has 0 aliphatic carbocycles. The van der Waals surface area contributed by atoms with E-state index < -0.39 is 0 Å². The molecule has 2 heterocycles. The molecule has 0 amide bonds. The maximum Gasteiger partial charge on any atom is 0.320 e. The highest BCUT2D eigenvalue weighted by Gasteiger charge is 2.06. The number of aromatic nitrogens is 3. The highest BCUT2D eigenvalue weighted by molar-refractivity contribution is 5.84. The summed E-state index contributed by atoms with van der Waals surface area (Å²) >= 11 is 0. The molecule has 4 aromatic rings. The summed E-state index contributed by atoms with van der Waals surface area (Å²) in [7, 11) is 1.67. The average molecular weight is 361 g/mol. The van der Waals surface area contributed by atoms with E-state index in [0.29, 0.717) is 18.5 Å². The third kappa shape index (κ3) is 3.82. The number of fused-ring (bicyclic) bond motifs is 1. The van der Waals surface area contributed by atoms with Crippen molar-refractivity contribution < 1.29 is 9.15 Å². The van der Waals surface area contributed by atoms with Gasteiger partial charge in [0.1, 0.15) is 11.6 Å². The van der Waals surface area contributed by atoms with Gasteiger partial charge in [0, 0.05) is 30.1 Å². The van der Waals surface area contributed by atoms with Crippen molar-refractivity contribution in [2.45, 2.75) is 13.5 Å². The molecule has 0 aliphatic rings. The highest BCUT2D eigenvalue weighted by Crippen LogP contribution is 2.23. The van der Waals surface area contributed by atoms with Crippen LogP contribution in [0.25, 0.3) is 10.9 Å². The number of nitrogens with zero attached hydrogens (tertiary/aromatic N) is 3. The SMILES string of the molecule is COc1ccccc1CNc1ccc2cc(Nc3nnc(C)o3)ccc2n1. The standard InChI is InChI=1S/C20H19N5O2/c1-13-24-25-20(27-13)22-16-8-9-17-14(11-16)7-10-19(23-17)21-12-15-5-3-4-6-18(15)26-2/h3-11H,12H2,1-2H3,(H,21,23)(H,22,25). The zero-order valence-corrected chi connectivity index (χ0v) is 15.1. The van der Waals surface area contributed by atoms with Crippen LogP contribution in [0.5, 0.6) is 5.75 Å². The van der Waals surface area contributed by atoms with Gasteiger partial charge in [0.15, 0.2) is 0 Å². The lowest BCUT2D eigenvalue weighted by Gasteiger charge is -2.10. The molecule has 0 bridgehead atoms. The molecule has 0 unspecified atom stereocenters. The summed E-state index contributed by atoms with van der Waals surface area (Å²) in [6.07, 6.45) is 0. The lowest BCUT2D eigenvalue weighted by Crippen LogP contribution is -2.03. The van der Waals surface area contributed by atoms with Crippen molar-refractivity contribution in [1.29, 1.82) is 0 Å². The Bertz CT molecular complexity index is 1080. The van der Waals surface area contributed by atoms with Gasteiger partial charge in [-0.05, 0) is 36.4 Å². The van der Waals surface area contributed by atoms with Crippen molar-refractivity contribution in [3.63, 3.8) is 0 Å². The third-order valence-corrected chi connectivity index (χ3v) is 4.12. The van der Waals surface area contributed by atoms with E-state index in [2.05, 4.69) is 25.8 Å². The molecule has 0 fully saturated rings. The summed E-state index contributed by atoms with van der Waals surface area (Å²) in [5.74, 6) is 2.19. The van der Waals surface area contributed by atoms with Crippen LogP contribution < -0.4 is 15.4 Å². The fraction of sp³-hybridized carbons (Fsp3) is 0.150. The number of hydrogen-bond donors (Lipinski definition) is 2. The van der Waals surface area contributed by atoms with Crippen LogP contribution in [0.3, 0.4) is 0 Å². The van der Waals surface area contributed by atoms with Gasteiger partial charge < -0.3 is 19.8 Å². The van der Waals surface area contributed by atoms with Crippen molar-refractivity contribution in [1.82, 2.24) is 15.2 Å². The van der Waals surface area contributed by atoms with Crippen LogP contribution >= 0.6 is 0 Å². The Hall–Kier alpha value is -3.61. The minimum absolute atomic E-state index is 0.370. The maximum absolute atomic E-state index is 5.38. The summed E-state index contributed by atoms with van der Waals surface area (Å²) in [5.41, 5.74) is 2.84. The van der Waals surface area contributed by atoms with Crippen molar-refractivity contribution in [2.24, 2.45) is 0 Å². The van der Waals surface area contributed by atoms with Crippen LogP contribution in [0.2, 0.25) is 0 Å². The Labute approximate surface area is 156 Å². The number of para-hydroxylation sites is 1. The number of pyridine rings is 1. The predicted molar refractivity (Wildman–Crippen MR) is 104 cm³/mol. The van der Waals surface area contributed by atoms with Crippen LogP contribution in [0.1, 0.15) is 11.5 Å². The first kappa shape index (κ1) is 16.8. The molecular formula is C20H19N5O2. The summed E-state index contributed by atoms with van der Waals surface area (Å²) < 4.78 is 10.7. The van der Waals surface area contributed by atoms with E-state index in [1.54, 1.807) is 14.0 Å². The van der Waals surface area contributed by atoms with Gasteiger partial charge in [-0.15, -0.1) is 5.10 Å². The second-order valence-corrected chi connectivity index (χ2v) is 6.02. The Morgan fingerprint density at radius 2 is 1.93 bits per heavy atom. The largest absolute Gasteiger partial charge is 0.496 e. The fourth-order valence-electron chi connectivity index (χ4n) is 2.81. The van der Waals surface area contributed by atoms with Gasteiger partial charge in [0.2, 0.25) is 5.89 Å². The molecule has 4 rings (SSSR count). The molecule has 0 atom stereocenters. The predicted octanol–water partition coefficient (Wildman–Crippen LogP) is 4.29. The van der Waals surface area contributed by atoms with Gasteiger partial charge in [-0.2, -0.15) is 0 Å². The van der Waals surface area contributed by atoms with Crippen LogP contribution in [-0.2, 0) is 6.54 Å². The van der Waals surface area contributed by atoms with Crippen LogP contribution in [0, 0.1) is 6.92 Å². The number of rotatable bonds is 6. The van der Waals surface area contributed by atoms with Gasteiger partial charge in [0.25, 0.3) is 0 Å². The number of anilines is 3. The first-order valence-electron chi connectivity index (χ1n) is 8.55. The topological polar surface area (TPSA) is 85.1 Å². The summed E-state index contributed by atoms with van der Waals surface area (Å²) in [6, 6.07) is 18.2. The number of ether oxygens (including phenoxy) is 1. The lowest BCUT2D eigenvalue weighted by atomic mass is 10.2. The Morgan fingerprint density at radius 1 is 1.04 bits per heavy atom. The normalized spacial score (nSPS) is 10.7. The van der Waals surface area contributed by atoms with Crippen LogP contribution in [-0.4, -0.2) is 22.3 Å². The highest BCUT2D eigenvalue weighted by atomic mass is 16.5. The molecule has 2 aromatic heterocycles. The zero-order valence-electron chi connectivity index (χ0n) is 15.1. The molecular weight excluding hydrogens is 342 g/mol. The van der Waals surface area contributed by atoms with Crippen molar-refractivity contribution in [3.05, 3.63) is 66.1 Å². The van der Waals surface area contributed by atoms with E-state index in [9.17, 15) is 0 Å². The molecule has 0 saturated heterocycles. The second kappa shape index (κ2) is 7.33. The quantitative estimate of drug-likeness (QED) is 0.530. The Balaban J connectivity index is 1.50. The van der Waals surface area contributed by atoms with Crippen LogP contribution in [0.15, 0.2) is 59.0 Å². The number of aryl methyl sites for hydroxylation is 1. The van der Waals surface area contributed by atoms with Gasteiger partial charge in [-0.25, -0.2) is 4.98 Å². The molecule has 0 radical (unpaired) electrons. The minimum Gasteiger partial charge on any atom is -0.496 e. The van der Waals surface area contributed by atoms with Gasteiger partial charge in [0.05, 0.1) is 12.6 Å². The van der Waals surface area contributed by atoms with E-state index in [4.69, 9.17) is 9.15 Å². The molecule has 27 heavy (non-hydrogen) atoms. The maximum atomic E-state index is 5.38. The molecule has 0 spiro atoms. The zero-order chi connectivity index (χ0) is 18.6. The Kier molecular flexibility index (Phi) is 4.57. The first-order chi connectivity index (χ1) is 13.2. The number of hydrogen-bond acceptors (Lipinski definition) is 7. The van der Waals surface area contributed by atoms with Gasteiger partial charge in [-0.3, -0.25) is 0 Å². The summed E-state index contributed by atoms with van der Waals surface area (Å²) in [4.78, 5) is 4.67. The monoisotopic (exact) mass is 361 g/mol. The average Bonchev–Trinajstić information content (AvgIpc) is 3.11. The van der Waals surface area contributed by atoms with Crippen molar-refractivity contribution in [3.8, 4) is 5.75 Å². The smallest absolute Gasteiger partial charge is 0.320 e. The molecule has 136 valence electrons. The molecule has 7 nitrogen and oxygen atoms in total. The van der Waals surface area contributed by atoms with Crippen molar-refractivity contribution in [2.75, 3.05) is 17.7 Å². The second-order valence-electron chi connectivity index (χ2n) is 6.02. The van der Waals surface area contributed by atoms with E-state index in [0.717, 1.165) is 33.7 Å². The van der Waals surface area contributed by atoms with Crippen molar-refractivity contribution >= 4 is 28.4 Å². The lowest BCUT2D eigenvalue weighted by molar-refractivity contribution is 0.410. The minimum atomic E-state index is 0.370. The Morgan fingerprint density at radius 3 is 2.74 bits per heavy atom. The molecule has 7 heteroatoms. The van der Waals surface area contributed by atoms with E-state index in [1.807, 2.05) is 54.6 Å². The summed E-state index contributed by atoms with van der Waals surface area (Å²) in [5, 5.41) is 15.2. The first-order valence-corrected chi connectivity index (χ1v) is 8.55. The third-order valence-electron chi connectivity index (χ3n) is 4.12. The van der Waals surface area contributed by atoms with E-state index in [1.165, 1.54) is 0 Å². The van der Waals surface area contributed by atoms with Gasteiger partial charge in [-0.1, -0.05) is 23.3 Å². The molecule has 0 saturated carbocycles. The van der Waals surface area contributed by atoms with E-state index in [-0.39, 0.29) is 0 Å². The molecule has 0 aliphatic heterocycles. The van der Waals surface area contributed by atoms with E-state index >= 15 is 0 Å². The van der Waals surface area contributed by atoms with Gasteiger partial charge >= 0.3 is 6.01 Å². The van der Waals surface area contributed by atoms with Crippen LogP contribution in [0.4, 0.5) is 17.5 Å². The number of methoxy groups -OCH3 is 1. The molecule has 2 aromatic carbocycles. The number of benzene rings is 2.